The number of alkyl halides is 3. The van der Waals surface area contributed by atoms with Crippen molar-refractivity contribution < 1.29 is 22.7 Å². The lowest BCUT2D eigenvalue weighted by Gasteiger charge is -2.42. The van der Waals surface area contributed by atoms with E-state index in [0.29, 0.717) is 19.1 Å². The van der Waals surface area contributed by atoms with Crippen molar-refractivity contribution in [1.82, 2.24) is 19.7 Å². The molecule has 0 spiro atoms. The first-order valence-electron chi connectivity index (χ1n) is 12.2. The number of carbonyl (C=O) groups is 1. The van der Waals surface area contributed by atoms with E-state index in [4.69, 9.17) is 14.7 Å². The highest BCUT2D eigenvalue weighted by atomic mass is 19.4. The standard InChI is InChI=1S/C23H28F3N7O2/c1-12-21(34)32-7-3-4-16-19(32)20(31(12)2)29-22(28-16)27-14-8-13(9-14)11-35-18-10-17(23(24,25)26)30-33(18)15-5-6-15/h10,12-15H,3-9,11H2,1-2H3,(H,27,28,29)/t12-,13-,14+/m0/s1. The minimum atomic E-state index is -4.48. The van der Waals surface area contributed by atoms with Gasteiger partial charge in [-0.15, -0.1) is 0 Å². The van der Waals surface area contributed by atoms with Crippen LogP contribution >= 0.6 is 0 Å². The number of amides is 1. The number of ether oxygens (including phenoxy) is 1. The Kier molecular flexibility index (Phi) is 5.12. The van der Waals surface area contributed by atoms with Crippen LogP contribution in [0.2, 0.25) is 0 Å². The molecule has 1 N–H and O–H groups in total. The fourth-order valence-corrected chi connectivity index (χ4v) is 5.14. The van der Waals surface area contributed by atoms with E-state index >= 15 is 0 Å². The van der Waals surface area contributed by atoms with E-state index in [-0.39, 0.29) is 35.8 Å². The second-order valence-electron chi connectivity index (χ2n) is 10.1. The van der Waals surface area contributed by atoms with Gasteiger partial charge in [-0.3, -0.25) is 4.79 Å². The maximum absolute atomic E-state index is 13.1. The lowest BCUT2D eigenvalue weighted by Crippen LogP contribution is -2.53. The van der Waals surface area contributed by atoms with Gasteiger partial charge in [0.15, 0.2) is 11.5 Å². The van der Waals surface area contributed by atoms with Crippen molar-refractivity contribution in [3.8, 4) is 5.88 Å². The molecule has 2 aromatic rings. The van der Waals surface area contributed by atoms with Crippen LogP contribution < -0.4 is 19.9 Å². The Bertz CT molecular complexity index is 1160. The van der Waals surface area contributed by atoms with E-state index in [1.807, 2.05) is 23.8 Å². The predicted octanol–water partition coefficient (Wildman–Crippen LogP) is 3.41. The molecule has 6 rings (SSSR count). The molecule has 0 radical (unpaired) electrons. The summed E-state index contributed by atoms with van der Waals surface area (Å²) in [7, 11) is 1.88. The third-order valence-electron chi connectivity index (χ3n) is 7.46. The van der Waals surface area contributed by atoms with Gasteiger partial charge in [-0.2, -0.15) is 23.3 Å². The molecule has 2 aliphatic carbocycles. The van der Waals surface area contributed by atoms with Gasteiger partial charge in [0.25, 0.3) is 0 Å². The van der Waals surface area contributed by atoms with Gasteiger partial charge in [0.05, 0.1) is 18.3 Å². The lowest BCUT2D eigenvalue weighted by molar-refractivity contribution is -0.141. The number of carbonyl (C=O) groups excluding carboxylic acids is 1. The monoisotopic (exact) mass is 491 g/mol. The number of hydrogen-bond acceptors (Lipinski definition) is 7. The lowest BCUT2D eigenvalue weighted by atomic mass is 9.81. The molecule has 0 aromatic carbocycles. The number of rotatable bonds is 6. The third-order valence-corrected chi connectivity index (χ3v) is 7.46. The van der Waals surface area contributed by atoms with Crippen molar-refractivity contribution >= 4 is 23.4 Å². The van der Waals surface area contributed by atoms with E-state index in [0.717, 1.165) is 61.8 Å². The van der Waals surface area contributed by atoms with Gasteiger partial charge in [0.1, 0.15) is 11.7 Å². The normalized spacial score (nSPS) is 25.9. The second-order valence-corrected chi connectivity index (χ2v) is 10.1. The van der Waals surface area contributed by atoms with Crippen LogP contribution in [0.3, 0.4) is 0 Å². The molecule has 0 bridgehead atoms. The van der Waals surface area contributed by atoms with Gasteiger partial charge in [-0.25, -0.2) is 9.67 Å². The number of anilines is 3. The molecule has 2 saturated carbocycles. The molecule has 2 aromatic heterocycles. The average Bonchev–Trinajstić information content (AvgIpc) is 3.55. The minimum absolute atomic E-state index is 0.00571. The van der Waals surface area contributed by atoms with Gasteiger partial charge in [0, 0.05) is 25.7 Å². The molecule has 1 atom stereocenters. The molecular formula is C23H28F3N7O2. The van der Waals surface area contributed by atoms with Crippen LogP contribution in [-0.4, -0.2) is 57.9 Å². The van der Waals surface area contributed by atoms with E-state index in [9.17, 15) is 18.0 Å². The van der Waals surface area contributed by atoms with Crippen molar-refractivity contribution in [3.63, 3.8) is 0 Å². The smallest absolute Gasteiger partial charge is 0.435 e. The molecule has 1 amide bonds. The van der Waals surface area contributed by atoms with Crippen molar-refractivity contribution in [2.24, 2.45) is 5.92 Å². The van der Waals surface area contributed by atoms with Crippen LogP contribution in [0.5, 0.6) is 5.88 Å². The van der Waals surface area contributed by atoms with Crippen LogP contribution in [0.1, 0.15) is 56.5 Å². The van der Waals surface area contributed by atoms with Crippen molar-refractivity contribution in [1.29, 1.82) is 0 Å². The summed E-state index contributed by atoms with van der Waals surface area (Å²) in [5.74, 6) is 1.84. The second kappa shape index (κ2) is 7.99. The largest absolute Gasteiger partial charge is 0.478 e. The van der Waals surface area contributed by atoms with Crippen LogP contribution in [0.15, 0.2) is 6.07 Å². The Balaban J connectivity index is 1.09. The van der Waals surface area contributed by atoms with Crippen LogP contribution in [0.4, 0.5) is 30.6 Å². The first kappa shape index (κ1) is 22.4. The number of hydrogen-bond donors (Lipinski definition) is 1. The van der Waals surface area contributed by atoms with Crippen LogP contribution in [-0.2, 0) is 17.4 Å². The molecule has 0 unspecified atom stereocenters. The number of nitrogens with zero attached hydrogens (tertiary/aromatic N) is 6. The Morgan fingerprint density at radius 2 is 2.00 bits per heavy atom. The van der Waals surface area contributed by atoms with Gasteiger partial charge in [-0.1, -0.05) is 0 Å². The predicted molar refractivity (Wildman–Crippen MR) is 122 cm³/mol. The fourth-order valence-electron chi connectivity index (χ4n) is 5.14. The Hall–Kier alpha value is -3.05. The van der Waals surface area contributed by atoms with Crippen molar-refractivity contribution in [3.05, 3.63) is 17.5 Å². The molecule has 188 valence electrons. The first-order chi connectivity index (χ1) is 16.7. The van der Waals surface area contributed by atoms with Gasteiger partial charge in [0.2, 0.25) is 17.7 Å². The van der Waals surface area contributed by atoms with Crippen molar-refractivity contribution in [2.45, 2.75) is 69.8 Å². The summed E-state index contributed by atoms with van der Waals surface area (Å²) in [5.41, 5.74) is 0.822. The highest BCUT2D eigenvalue weighted by molar-refractivity contribution is 6.05. The summed E-state index contributed by atoms with van der Waals surface area (Å²) in [5, 5.41) is 7.13. The summed E-state index contributed by atoms with van der Waals surface area (Å²) >= 11 is 0. The first-order valence-corrected chi connectivity index (χ1v) is 12.2. The molecule has 4 aliphatic rings. The van der Waals surface area contributed by atoms with Crippen LogP contribution in [0, 0.1) is 5.92 Å². The quantitative estimate of drug-likeness (QED) is 0.663. The van der Waals surface area contributed by atoms with Crippen LogP contribution in [0.25, 0.3) is 0 Å². The minimum Gasteiger partial charge on any atom is -0.478 e. The number of aryl methyl sites for hydroxylation is 1. The summed E-state index contributed by atoms with van der Waals surface area (Å²) < 4.78 is 46.4. The molecule has 35 heavy (non-hydrogen) atoms. The SMILES string of the molecule is C[C@H]1C(=O)N2CCCc3nc(N[C@H]4C[C@@H](COc5cc(C(F)(F)F)nn5C5CC5)C4)nc(c32)N1C. The highest BCUT2D eigenvalue weighted by Crippen LogP contribution is 2.42. The Morgan fingerprint density at radius 1 is 1.23 bits per heavy atom. The van der Waals surface area contributed by atoms with E-state index < -0.39 is 11.9 Å². The summed E-state index contributed by atoms with van der Waals surface area (Å²) in [6, 6.07) is 0.903. The zero-order valence-electron chi connectivity index (χ0n) is 19.7. The van der Waals surface area contributed by atoms with E-state index in [1.165, 1.54) is 4.68 Å². The summed E-state index contributed by atoms with van der Waals surface area (Å²) in [4.78, 5) is 25.9. The number of halogens is 3. The van der Waals surface area contributed by atoms with Crippen molar-refractivity contribution in [2.75, 3.05) is 35.3 Å². The zero-order valence-corrected chi connectivity index (χ0v) is 19.7. The number of aromatic nitrogens is 4. The topological polar surface area (TPSA) is 88.4 Å². The maximum Gasteiger partial charge on any atom is 0.435 e. The molecule has 12 heteroatoms. The van der Waals surface area contributed by atoms with Gasteiger partial charge in [-0.05, 0) is 51.4 Å². The fraction of sp³-hybridized carbons (Fsp3) is 0.652. The molecule has 0 saturated heterocycles. The summed E-state index contributed by atoms with van der Waals surface area (Å²) in [6.45, 7) is 2.93. The molecular weight excluding hydrogens is 463 g/mol. The highest BCUT2D eigenvalue weighted by Gasteiger charge is 2.40. The maximum atomic E-state index is 13.1. The molecule has 2 fully saturated rings. The van der Waals surface area contributed by atoms with Gasteiger partial charge >= 0.3 is 6.18 Å². The summed E-state index contributed by atoms with van der Waals surface area (Å²) in [6.07, 6.45) is 0.490. The van der Waals surface area contributed by atoms with E-state index in [2.05, 4.69) is 10.4 Å². The number of nitrogens with one attached hydrogen (secondary N) is 1. The number of likely N-dealkylation sites (N-methyl/N-ethyl adjacent to an activating group) is 1. The Labute approximate surface area is 200 Å². The Morgan fingerprint density at radius 3 is 2.71 bits per heavy atom. The average molecular weight is 492 g/mol. The zero-order chi connectivity index (χ0) is 24.5. The molecule has 4 heterocycles. The molecule has 9 nitrogen and oxygen atoms in total. The van der Waals surface area contributed by atoms with Gasteiger partial charge < -0.3 is 19.9 Å². The third kappa shape index (κ3) is 3.96. The van der Waals surface area contributed by atoms with E-state index in [1.54, 1.807) is 0 Å². The molecule has 2 aliphatic heterocycles.